The van der Waals surface area contributed by atoms with Gasteiger partial charge in [0.2, 0.25) is 0 Å². The van der Waals surface area contributed by atoms with Crippen LogP contribution in [-0.4, -0.2) is 41.1 Å². The first-order chi connectivity index (χ1) is 7.18. The number of aromatic nitrogens is 1. The molecule has 0 saturated heterocycles. The molecule has 1 aromatic rings. The van der Waals surface area contributed by atoms with Gasteiger partial charge >= 0.3 is 5.97 Å². The van der Waals surface area contributed by atoms with Crippen LogP contribution in [0, 0.1) is 0 Å². The molecule has 1 rings (SSSR count). The summed E-state index contributed by atoms with van der Waals surface area (Å²) in [7, 11) is 1.92. The second kappa shape index (κ2) is 8.07. The van der Waals surface area contributed by atoms with Crippen molar-refractivity contribution in [1.82, 2.24) is 9.88 Å². The van der Waals surface area contributed by atoms with Gasteiger partial charge in [-0.1, -0.05) is 6.07 Å². The molecule has 0 saturated carbocycles. The Kier molecular flexibility index (Phi) is 7.50. The Bertz CT molecular complexity index is 306. The van der Waals surface area contributed by atoms with E-state index in [4.69, 9.17) is 5.11 Å². The molecule has 4 nitrogen and oxygen atoms in total. The zero-order valence-electron chi connectivity index (χ0n) is 9.30. The van der Waals surface area contributed by atoms with Crippen molar-refractivity contribution in [2.75, 3.05) is 20.1 Å². The van der Waals surface area contributed by atoms with Crippen LogP contribution in [0.4, 0.5) is 0 Å². The number of hydrogen-bond acceptors (Lipinski definition) is 3. The van der Waals surface area contributed by atoms with Gasteiger partial charge in [-0.3, -0.25) is 9.78 Å². The van der Waals surface area contributed by atoms with E-state index < -0.39 is 5.97 Å². The maximum absolute atomic E-state index is 10.3. The summed E-state index contributed by atoms with van der Waals surface area (Å²) in [5.41, 5.74) is 1.04. The van der Waals surface area contributed by atoms with E-state index in [-0.39, 0.29) is 18.8 Å². The molecule has 0 aliphatic rings. The van der Waals surface area contributed by atoms with E-state index in [0.29, 0.717) is 6.54 Å². The number of carbonyl (C=O) groups is 1. The van der Waals surface area contributed by atoms with Crippen molar-refractivity contribution in [3.05, 3.63) is 30.1 Å². The summed E-state index contributed by atoms with van der Waals surface area (Å²) in [4.78, 5) is 16.5. The van der Waals surface area contributed by atoms with Gasteiger partial charge in [-0.25, -0.2) is 0 Å². The topological polar surface area (TPSA) is 53.4 Å². The smallest absolute Gasteiger partial charge is 0.304 e. The van der Waals surface area contributed by atoms with Crippen LogP contribution in [-0.2, 0) is 11.2 Å². The number of aliphatic carboxylic acids is 1. The fourth-order valence-electron chi connectivity index (χ4n) is 1.25. The lowest BCUT2D eigenvalue weighted by molar-refractivity contribution is -0.137. The largest absolute Gasteiger partial charge is 0.481 e. The van der Waals surface area contributed by atoms with Gasteiger partial charge in [0, 0.05) is 31.4 Å². The van der Waals surface area contributed by atoms with Gasteiger partial charge < -0.3 is 10.0 Å². The summed E-state index contributed by atoms with van der Waals surface area (Å²) < 4.78 is 0. The van der Waals surface area contributed by atoms with Gasteiger partial charge in [-0.2, -0.15) is 0 Å². The Morgan fingerprint density at radius 1 is 1.44 bits per heavy atom. The van der Waals surface area contributed by atoms with E-state index in [1.807, 2.05) is 30.1 Å². The van der Waals surface area contributed by atoms with Gasteiger partial charge in [-0.15, -0.1) is 12.4 Å². The first-order valence-corrected chi connectivity index (χ1v) is 4.98. The zero-order valence-corrected chi connectivity index (χ0v) is 10.1. The Hall–Kier alpha value is -1.13. The van der Waals surface area contributed by atoms with Crippen LogP contribution in [0.5, 0.6) is 0 Å². The molecule has 0 fully saturated rings. The highest BCUT2D eigenvalue weighted by atomic mass is 35.5. The standard InChI is InChI=1S/C11H16N2O2.ClH/c1-13(9-6-11(14)15)8-5-10-4-2-3-7-12-10;/h2-4,7H,5-6,8-9H2,1H3,(H,14,15);1H. The molecule has 1 aromatic heterocycles. The molecular weight excluding hydrogens is 228 g/mol. The fourth-order valence-corrected chi connectivity index (χ4v) is 1.25. The number of rotatable bonds is 6. The Morgan fingerprint density at radius 2 is 2.19 bits per heavy atom. The average Bonchev–Trinajstić information content (AvgIpc) is 2.25. The third-order valence-electron chi connectivity index (χ3n) is 2.18. The number of nitrogens with zero attached hydrogens (tertiary/aromatic N) is 2. The van der Waals surface area contributed by atoms with Crippen LogP contribution in [0.3, 0.4) is 0 Å². The molecule has 5 heteroatoms. The van der Waals surface area contributed by atoms with Gasteiger partial charge in [0.15, 0.2) is 0 Å². The molecule has 0 unspecified atom stereocenters. The molecule has 1 heterocycles. The second-order valence-corrected chi connectivity index (χ2v) is 3.52. The Labute approximate surface area is 102 Å². The molecule has 16 heavy (non-hydrogen) atoms. The summed E-state index contributed by atoms with van der Waals surface area (Å²) in [6.07, 6.45) is 2.82. The van der Waals surface area contributed by atoms with Crippen LogP contribution in [0.25, 0.3) is 0 Å². The quantitative estimate of drug-likeness (QED) is 0.823. The zero-order chi connectivity index (χ0) is 11.1. The Balaban J connectivity index is 0.00000225. The van der Waals surface area contributed by atoms with Crippen molar-refractivity contribution >= 4 is 18.4 Å². The molecule has 1 N–H and O–H groups in total. The van der Waals surface area contributed by atoms with Gasteiger partial charge in [0.1, 0.15) is 0 Å². The van der Waals surface area contributed by atoms with E-state index in [0.717, 1.165) is 18.7 Å². The minimum absolute atomic E-state index is 0. The van der Waals surface area contributed by atoms with Crippen molar-refractivity contribution in [2.24, 2.45) is 0 Å². The summed E-state index contributed by atoms with van der Waals surface area (Å²) in [6.45, 7) is 1.42. The SMILES string of the molecule is CN(CCC(=O)O)CCc1ccccn1.Cl. The normalized spacial score (nSPS) is 9.88. The van der Waals surface area contributed by atoms with Crippen molar-refractivity contribution in [3.63, 3.8) is 0 Å². The first-order valence-electron chi connectivity index (χ1n) is 4.98. The highest BCUT2D eigenvalue weighted by molar-refractivity contribution is 5.85. The second-order valence-electron chi connectivity index (χ2n) is 3.52. The monoisotopic (exact) mass is 244 g/mol. The maximum atomic E-state index is 10.3. The third-order valence-corrected chi connectivity index (χ3v) is 2.18. The van der Waals surface area contributed by atoms with Crippen LogP contribution >= 0.6 is 12.4 Å². The predicted octanol–water partition coefficient (Wildman–Crippen LogP) is 1.45. The van der Waals surface area contributed by atoms with E-state index >= 15 is 0 Å². The van der Waals surface area contributed by atoms with Gasteiger partial charge in [0.05, 0.1) is 6.42 Å². The van der Waals surface area contributed by atoms with Crippen LogP contribution < -0.4 is 0 Å². The van der Waals surface area contributed by atoms with Gasteiger partial charge in [0.25, 0.3) is 0 Å². The summed E-state index contributed by atoms with van der Waals surface area (Å²) in [5, 5.41) is 8.51. The molecule has 0 aliphatic carbocycles. The summed E-state index contributed by atoms with van der Waals surface area (Å²) in [5.74, 6) is -0.750. The van der Waals surface area contributed by atoms with E-state index in [2.05, 4.69) is 4.98 Å². The highest BCUT2D eigenvalue weighted by Gasteiger charge is 2.02. The van der Waals surface area contributed by atoms with Crippen molar-refractivity contribution in [2.45, 2.75) is 12.8 Å². The molecule has 0 spiro atoms. The molecule has 0 radical (unpaired) electrons. The average molecular weight is 245 g/mol. The molecule has 0 amide bonds. The first kappa shape index (κ1) is 14.9. The molecule has 90 valence electrons. The van der Waals surface area contributed by atoms with Crippen LogP contribution in [0.1, 0.15) is 12.1 Å². The van der Waals surface area contributed by atoms with E-state index in [1.54, 1.807) is 6.20 Å². The summed E-state index contributed by atoms with van der Waals surface area (Å²) in [6, 6.07) is 5.82. The molecule has 0 bridgehead atoms. The van der Waals surface area contributed by atoms with Crippen molar-refractivity contribution in [1.29, 1.82) is 0 Å². The lowest BCUT2D eigenvalue weighted by Gasteiger charge is -2.14. The van der Waals surface area contributed by atoms with Crippen molar-refractivity contribution in [3.8, 4) is 0 Å². The van der Waals surface area contributed by atoms with Crippen molar-refractivity contribution < 1.29 is 9.90 Å². The van der Waals surface area contributed by atoms with E-state index in [1.165, 1.54) is 0 Å². The third kappa shape index (κ3) is 6.37. The van der Waals surface area contributed by atoms with Crippen LogP contribution in [0.2, 0.25) is 0 Å². The Morgan fingerprint density at radius 3 is 2.75 bits per heavy atom. The number of pyridine rings is 1. The minimum atomic E-state index is -0.750. The van der Waals surface area contributed by atoms with Gasteiger partial charge in [-0.05, 0) is 19.2 Å². The summed E-state index contributed by atoms with van der Waals surface area (Å²) >= 11 is 0. The van der Waals surface area contributed by atoms with E-state index in [9.17, 15) is 4.79 Å². The number of carboxylic acids is 1. The number of hydrogen-bond donors (Lipinski definition) is 1. The molecular formula is C11H17ClN2O2. The van der Waals surface area contributed by atoms with Crippen LogP contribution in [0.15, 0.2) is 24.4 Å². The maximum Gasteiger partial charge on any atom is 0.304 e. The lowest BCUT2D eigenvalue weighted by Crippen LogP contribution is -2.24. The number of carboxylic acid groups (broad SMARTS) is 1. The molecule has 0 atom stereocenters. The molecule has 0 aromatic carbocycles. The lowest BCUT2D eigenvalue weighted by atomic mass is 10.2. The predicted molar refractivity (Wildman–Crippen MR) is 64.9 cm³/mol. The minimum Gasteiger partial charge on any atom is -0.481 e. The fraction of sp³-hybridized carbons (Fsp3) is 0.455. The molecule has 0 aliphatic heterocycles. The highest BCUT2D eigenvalue weighted by Crippen LogP contribution is 1.97. The number of likely N-dealkylation sites (N-methyl/N-ethyl adjacent to an activating group) is 1. The number of halogens is 1.